The van der Waals surface area contributed by atoms with Gasteiger partial charge in [-0.3, -0.25) is 0 Å². The van der Waals surface area contributed by atoms with Crippen molar-refractivity contribution in [2.75, 3.05) is 0 Å². The van der Waals surface area contributed by atoms with Crippen LogP contribution in [0.4, 0.5) is 17.6 Å². The SMILES string of the molecule is Fc1cc(Cl)ccc1-c1nc2ccn(Cc3ccc(OC(F)(F)F)cc3)cc-2n1. The van der Waals surface area contributed by atoms with E-state index >= 15 is 0 Å². The number of aromatic nitrogens is 3. The molecule has 0 saturated heterocycles. The van der Waals surface area contributed by atoms with E-state index in [0.29, 0.717) is 17.9 Å². The van der Waals surface area contributed by atoms with Gasteiger partial charge in [-0.05, 0) is 42.0 Å². The van der Waals surface area contributed by atoms with Crippen molar-refractivity contribution < 1.29 is 22.3 Å². The first-order valence-electron chi connectivity index (χ1n) is 8.40. The second-order valence-corrected chi connectivity index (χ2v) is 6.69. The van der Waals surface area contributed by atoms with Crippen LogP contribution in [0.5, 0.6) is 5.75 Å². The smallest absolute Gasteiger partial charge is 0.406 e. The van der Waals surface area contributed by atoms with E-state index in [1.807, 2.05) is 0 Å². The fourth-order valence-electron chi connectivity index (χ4n) is 2.85. The van der Waals surface area contributed by atoms with Gasteiger partial charge in [0.25, 0.3) is 0 Å². The summed E-state index contributed by atoms with van der Waals surface area (Å²) in [6.07, 6.45) is -1.22. The molecule has 0 bridgehead atoms. The molecule has 2 heterocycles. The largest absolute Gasteiger partial charge is 0.573 e. The van der Waals surface area contributed by atoms with Gasteiger partial charge < -0.3 is 9.30 Å². The molecule has 29 heavy (non-hydrogen) atoms. The molecule has 0 aromatic heterocycles. The van der Waals surface area contributed by atoms with Gasteiger partial charge >= 0.3 is 6.36 Å². The third kappa shape index (κ3) is 4.48. The van der Waals surface area contributed by atoms with Crippen molar-refractivity contribution in [1.82, 2.24) is 14.5 Å². The number of hydrogen-bond acceptors (Lipinski definition) is 3. The number of benzene rings is 2. The number of pyridine rings is 1. The molecule has 0 aliphatic carbocycles. The summed E-state index contributed by atoms with van der Waals surface area (Å²) in [7, 11) is 0. The van der Waals surface area contributed by atoms with Crippen LogP contribution in [0, 0.1) is 5.82 Å². The van der Waals surface area contributed by atoms with E-state index in [4.69, 9.17) is 11.6 Å². The van der Waals surface area contributed by atoms with Crippen LogP contribution in [-0.4, -0.2) is 20.9 Å². The molecule has 148 valence electrons. The highest BCUT2D eigenvalue weighted by Crippen LogP contribution is 2.28. The lowest BCUT2D eigenvalue weighted by Crippen LogP contribution is -2.17. The lowest BCUT2D eigenvalue weighted by atomic mass is 10.2. The Kier molecular flexibility index (Phi) is 4.87. The molecule has 2 aromatic rings. The van der Waals surface area contributed by atoms with Crippen LogP contribution in [0.15, 0.2) is 60.9 Å². The van der Waals surface area contributed by atoms with Crippen LogP contribution in [-0.2, 0) is 6.54 Å². The first-order chi connectivity index (χ1) is 13.8. The Balaban J connectivity index is 1.56. The van der Waals surface area contributed by atoms with Crippen LogP contribution in [0.25, 0.3) is 22.8 Å². The quantitative estimate of drug-likeness (QED) is 0.392. The molecule has 0 spiro atoms. The second-order valence-electron chi connectivity index (χ2n) is 6.25. The number of hydrogen-bond donors (Lipinski definition) is 0. The van der Waals surface area contributed by atoms with Crippen molar-refractivity contribution in [2.24, 2.45) is 0 Å². The predicted octanol–water partition coefficient (Wildman–Crippen LogP) is 5.79. The number of halogens is 5. The van der Waals surface area contributed by atoms with Crippen molar-refractivity contribution in [3.8, 4) is 28.5 Å². The van der Waals surface area contributed by atoms with E-state index in [0.717, 1.165) is 5.56 Å². The number of nitrogens with zero attached hydrogens (tertiary/aromatic N) is 3. The van der Waals surface area contributed by atoms with Gasteiger partial charge in [0, 0.05) is 24.0 Å². The molecule has 0 fully saturated rings. The fraction of sp³-hybridized carbons (Fsp3) is 0.100. The van der Waals surface area contributed by atoms with E-state index < -0.39 is 12.2 Å². The topological polar surface area (TPSA) is 39.9 Å². The maximum atomic E-state index is 14.1. The van der Waals surface area contributed by atoms with Crippen molar-refractivity contribution >= 4 is 11.6 Å². The molecular formula is C20H12ClF4N3O. The molecule has 0 saturated carbocycles. The number of ether oxygens (including phenoxy) is 1. The summed E-state index contributed by atoms with van der Waals surface area (Å²) in [6, 6.07) is 11.6. The van der Waals surface area contributed by atoms with Crippen LogP contribution >= 0.6 is 11.6 Å². The van der Waals surface area contributed by atoms with Crippen LogP contribution < -0.4 is 4.74 Å². The zero-order valence-electron chi connectivity index (χ0n) is 14.6. The number of alkyl halides is 3. The molecule has 4 rings (SSSR count). The zero-order chi connectivity index (χ0) is 20.6. The molecule has 0 amide bonds. The van der Waals surface area contributed by atoms with Crippen molar-refractivity contribution in [3.63, 3.8) is 0 Å². The lowest BCUT2D eigenvalue weighted by Gasteiger charge is -2.11. The van der Waals surface area contributed by atoms with Gasteiger partial charge in [0.15, 0.2) is 5.82 Å². The van der Waals surface area contributed by atoms with Gasteiger partial charge in [-0.25, -0.2) is 14.4 Å². The van der Waals surface area contributed by atoms with Crippen molar-refractivity contribution in [1.29, 1.82) is 0 Å². The Morgan fingerprint density at radius 1 is 0.966 bits per heavy atom. The van der Waals surface area contributed by atoms with E-state index in [-0.39, 0.29) is 22.2 Å². The molecule has 4 nitrogen and oxygen atoms in total. The standard InChI is InChI=1S/C20H12ClF4N3O/c21-13-3-6-15(16(22)9-13)19-26-17-7-8-28(11-18(17)27-19)10-12-1-4-14(5-2-12)29-20(23,24)25/h1-9,11H,10H2. The van der Waals surface area contributed by atoms with Crippen molar-refractivity contribution in [3.05, 3.63) is 77.3 Å². The van der Waals surface area contributed by atoms with Gasteiger partial charge in [0.1, 0.15) is 17.3 Å². The first-order valence-corrected chi connectivity index (χ1v) is 8.78. The van der Waals surface area contributed by atoms with Gasteiger partial charge in [0.2, 0.25) is 0 Å². The van der Waals surface area contributed by atoms with Gasteiger partial charge in [-0.1, -0.05) is 23.7 Å². The summed E-state index contributed by atoms with van der Waals surface area (Å²) < 4.78 is 56.5. The molecule has 2 aromatic carbocycles. The summed E-state index contributed by atoms with van der Waals surface area (Å²) >= 11 is 5.77. The van der Waals surface area contributed by atoms with Crippen molar-refractivity contribution in [2.45, 2.75) is 12.9 Å². The third-order valence-electron chi connectivity index (χ3n) is 4.12. The average molecular weight is 422 g/mol. The highest BCUT2D eigenvalue weighted by Gasteiger charge is 2.30. The molecule has 0 atom stereocenters. The maximum absolute atomic E-state index is 14.1. The van der Waals surface area contributed by atoms with Gasteiger partial charge in [0.05, 0.1) is 11.3 Å². The monoisotopic (exact) mass is 421 g/mol. The van der Waals surface area contributed by atoms with Gasteiger partial charge in [-0.15, -0.1) is 13.2 Å². The zero-order valence-corrected chi connectivity index (χ0v) is 15.4. The summed E-state index contributed by atoms with van der Waals surface area (Å²) in [4.78, 5) is 8.71. The first kappa shape index (κ1) is 19.2. The summed E-state index contributed by atoms with van der Waals surface area (Å²) in [5.74, 6) is -0.541. The lowest BCUT2D eigenvalue weighted by molar-refractivity contribution is -0.274. The normalized spacial score (nSPS) is 11.8. The van der Waals surface area contributed by atoms with Gasteiger partial charge in [-0.2, -0.15) is 0 Å². The van der Waals surface area contributed by atoms with Crippen LogP contribution in [0.1, 0.15) is 5.56 Å². The molecule has 2 aliphatic rings. The Bertz CT molecular complexity index is 1130. The highest BCUT2D eigenvalue weighted by atomic mass is 35.5. The van der Waals surface area contributed by atoms with Crippen LogP contribution in [0.2, 0.25) is 5.02 Å². The number of imidazole rings is 1. The Morgan fingerprint density at radius 3 is 2.38 bits per heavy atom. The molecular weight excluding hydrogens is 410 g/mol. The predicted molar refractivity (Wildman–Crippen MR) is 99.3 cm³/mol. The minimum absolute atomic E-state index is 0.248. The number of rotatable bonds is 4. The Morgan fingerprint density at radius 2 is 1.69 bits per heavy atom. The summed E-state index contributed by atoms with van der Waals surface area (Å²) in [5.41, 5.74) is 2.18. The average Bonchev–Trinajstić information content (AvgIpc) is 3.05. The third-order valence-corrected chi connectivity index (χ3v) is 4.36. The Hall–Kier alpha value is -3.13. The maximum Gasteiger partial charge on any atom is 0.573 e. The van der Waals surface area contributed by atoms with E-state index in [1.54, 1.807) is 41.2 Å². The molecule has 0 unspecified atom stereocenters. The fourth-order valence-corrected chi connectivity index (χ4v) is 3.01. The minimum Gasteiger partial charge on any atom is -0.406 e. The summed E-state index contributed by atoms with van der Waals surface area (Å²) in [5, 5.41) is 0.284. The Labute approximate surface area is 167 Å². The van der Waals surface area contributed by atoms with E-state index in [2.05, 4.69) is 14.7 Å². The minimum atomic E-state index is -4.72. The highest BCUT2D eigenvalue weighted by molar-refractivity contribution is 6.30. The van der Waals surface area contributed by atoms with E-state index in [1.165, 1.54) is 24.3 Å². The molecule has 2 aliphatic heterocycles. The second kappa shape index (κ2) is 7.36. The number of fused-ring (bicyclic) bond motifs is 1. The molecule has 0 radical (unpaired) electrons. The van der Waals surface area contributed by atoms with E-state index in [9.17, 15) is 17.6 Å². The molecule has 0 N–H and O–H groups in total. The molecule has 9 heteroatoms. The summed E-state index contributed by atoms with van der Waals surface area (Å²) in [6.45, 7) is 0.403. The van der Waals surface area contributed by atoms with Crippen LogP contribution in [0.3, 0.4) is 0 Å².